The fraction of sp³-hybridized carbons (Fsp3) is 0.310. The van der Waals surface area contributed by atoms with Crippen molar-refractivity contribution in [3.63, 3.8) is 0 Å². The molecule has 2 atom stereocenters. The van der Waals surface area contributed by atoms with E-state index in [1.165, 1.54) is 15.6 Å². The highest BCUT2D eigenvalue weighted by atomic mass is 28.3. The van der Waals surface area contributed by atoms with Crippen LogP contribution < -0.4 is 15.6 Å². The van der Waals surface area contributed by atoms with Crippen LogP contribution >= 0.6 is 0 Å². The van der Waals surface area contributed by atoms with Gasteiger partial charge in [-0.15, -0.1) is 11.5 Å². The van der Waals surface area contributed by atoms with Crippen molar-refractivity contribution in [3.05, 3.63) is 91.0 Å². The lowest BCUT2D eigenvalue weighted by molar-refractivity contribution is 0.117. The molecule has 32 heavy (non-hydrogen) atoms. The maximum atomic E-state index is 11.1. The first-order valence-corrected chi connectivity index (χ1v) is 17.2. The Labute approximate surface area is 196 Å². The number of hydrogen-bond donors (Lipinski definition) is 1. The van der Waals surface area contributed by atoms with Crippen LogP contribution in [-0.2, 0) is 0 Å². The zero-order valence-corrected chi connectivity index (χ0v) is 22.0. The van der Waals surface area contributed by atoms with Gasteiger partial charge >= 0.3 is 0 Å². The molecule has 0 spiro atoms. The Morgan fingerprint density at radius 3 is 1.38 bits per heavy atom. The molecule has 0 unspecified atom stereocenters. The third-order valence-corrected chi connectivity index (χ3v) is 12.1. The zero-order valence-electron chi connectivity index (χ0n) is 20.0. The van der Waals surface area contributed by atoms with Crippen LogP contribution in [0.1, 0.15) is 20.3 Å². The Morgan fingerprint density at radius 2 is 1.06 bits per heavy atom. The normalized spacial score (nSPS) is 13.8. The van der Waals surface area contributed by atoms with Crippen molar-refractivity contribution in [3.8, 4) is 11.5 Å². The minimum absolute atomic E-state index is 0.0684. The molecule has 0 aliphatic rings. The quantitative estimate of drug-likeness (QED) is 0.307. The van der Waals surface area contributed by atoms with Crippen LogP contribution in [0.15, 0.2) is 91.0 Å². The van der Waals surface area contributed by atoms with Crippen molar-refractivity contribution in [2.24, 2.45) is 5.92 Å². The first-order chi connectivity index (χ1) is 15.2. The minimum atomic E-state index is -2.57. The smallest absolute Gasteiger partial charge is 0.163 e. The lowest BCUT2D eigenvalue weighted by atomic mass is 10.0. The summed E-state index contributed by atoms with van der Waals surface area (Å²) in [4.78, 5) is 0. The van der Waals surface area contributed by atoms with E-state index < -0.39 is 16.1 Å². The molecule has 3 rings (SSSR count). The molecule has 0 aliphatic heterocycles. The summed E-state index contributed by atoms with van der Waals surface area (Å²) in [6, 6.07) is 32.8. The average Bonchev–Trinajstić information content (AvgIpc) is 2.79. The van der Waals surface area contributed by atoms with Crippen molar-refractivity contribution in [2.75, 3.05) is 0 Å². The molecule has 0 saturated carbocycles. The molecule has 0 bridgehead atoms. The molecule has 0 amide bonds. The molecule has 0 aliphatic carbocycles. The van der Waals surface area contributed by atoms with Gasteiger partial charge < -0.3 is 5.11 Å². The van der Waals surface area contributed by atoms with Gasteiger partial charge in [-0.25, -0.2) is 0 Å². The van der Waals surface area contributed by atoms with Gasteiger partial charge in [0.05, 0.1) is 6.10 Å². The Kier molecular flexibility index (Phi) is 7.95. The second-order valence-corrected chi connectivity index (χ2v) is 18.8. The number of hydrogen-bond acceptors (Lipinski definition) is 1. The Hall–Kier alpha value is -2.39. The molecule has 3 aromatic carbocycles. The molecule has 3 aromatic rings. The number of aliphatic hydroxyl groups excluding tert-OH is 1. The van der Waals surface area contributed by atoms with Gasteiger partial charge in [-0.2, -0.15) is 0 Å². The Morgan fingerprint density at radius 1 is 0.688 bits per heavy atom. The third-order valence-electron chi connectivity index (χ3n) is 6.08. The lowest BCUT2D eigenvalue weighted by Crippen LogP contribution is -2.70. The van der Waals surface area contributed by atoms with E-state index in [0.29, 0.717) is 6.42 Å². The van der Waals surface area contributed by atoms with E-state index in [4.69, 9.17) is 0 Å². The van der Waals surface area contributed by atoms with Crippen molar-refractivity contribution >= 4 is 31.7 Å². The number of benzene rings is 3. The second kappa shape index (κ2) is 10.5. The highest BCUT2D eigenvalue weighted by Crippen LogP contribution is 2.29. The van der Waals surface area contributed by atoms with E-state index in [0.717, 1.165) is 0 Å². The van der Waals surface area contributed by atoms with Crippen molar-refractivity contribution < 1.29 is 5.11 Å². The Balaban J connectivity index is 2.39. The fourth-order valence-electron chi connectivity index (χ4n) is 4.37. The minimum Gasteiger partial charge on any atom is -0.393 e. The van der Waals surface area contributed by atoms with Crippen LogP contribution in [0.25, 0.3) is 0 Å². The molecule has 0 heterocycles. The van der Waals surface area contributed by atoms with Crippen LogP contribution in [0.4, 0.5) is 0 Å². The first-order valence-electron chi connectivity index (χ1n) is 11.6. The summed E-state index contributed by atoms with van der Waals surface area (Å²) in [6.45, 7) is 11.1. The molecule has 3 heteroatoms. The zero-order chi connectivity index (χ0) is 23.2. The van der Waals surface area contributed by atoms with E-state index in [9.17, 15) is 5.11 Å². The molecule has 166 valence electrons. The number of rotatable bonds is 7. The Bertz CT molecular complexity index is 932. The van der Waals surface area contributed by atoms with E-state index in [1.807, 2.05) is 0 Å². The van der Waals surface area contributed by atoms with Crippen LogP contribution in [0.2, 0.25) is 25.2 Å². The van der Waals surface area contributed by atoms with Crippen LogP contribution in [0.5, 0.6) is 0 Å². The summed E-state index contributed by atoms with van der Waals surface area (Å²) in [5, 5.41) is 15.1. The SMILES string of the molecule is CC(C)[C@@H](O)C[C@H](C#C[Si](C)(C)C)[Si](c1ccccc1)(c1ccccc1)c1ccccc1. The molecular weight excluding hydrogens is 420 g/mol. The van der Waals surface area contributed by atoms with Crippen molar-refractivity contribution in [1.82, 2.24) is 0 Å². The van der Waals surface area contributed by atoms with Gasteiger partial charge in [0, 0.05) is 5.54 Å². The van der Waals surface area contributed by atoms with E-state index in [2.05, 4.69) is 136 Å². The standard InChI is InChI=1S/C29H36OSi2/c1-24(2)29(30)23-28(21-22-31(3,4)5)32(25-15-9-6-10-16-25,26-17-11-7-12-18-26)27-19-13-8-14-20-27/h6-20,24,28-30H,23H2,1-5H3/t28-,29-/m0/s1. The summed E-state index contributed by atoms with van der Waals surface area (Å²) in [5.41, 5.74) is 3.76. The first kappa shape index (κ1) is 24.3. The molecule has 0 aromatic heterocycles. The molecular formula is C29H36OSi2. The molecule has 0 fully saturated rings. The molecule has 0 saturated heterocycles. The second-order valence-electron chi connectivity index (χ2n) is 10.0. The maximum Gasteiger partial charge on any atom is 0.163 e. The number of aliphatic hydroxyl groups is 1. The summed E-state index contributed by atoms with van der Waals surface area (Å²) in [5.74, 6) is 3.99. The highest BCUT2D eigenvalue weighted by molar-refractivity contribution is 7.12. The molecule has 1 N–H and O–H groups in total. The monoisotopic (exact) mass is 456 g/mol. The van der Waals surface area contributed by atoms with Crippen LogP contribution in [-0.4, -0.2) is 27.4 Å². The van der Waals surface area contributed by atoms with E-state index >= 15 is 0 Å². The average molecular weight is 457 g/mol. The van der Waals surface area contributed by atoms with E-state index in [1.54, 1.807) is 0 Å². The summed E-state index contributed by atoms with van der Waals surface area (Å²) >= 11 is 0. The van der Waals surface area contributed by atoms with Gasteiger partial charge in [-0.1, -0.05) is 124 Å². The van der Waals surface area contributed by atoms with Crippen LogP contribution in [0, 0.1) is 17.4 Å². The van der Waals surface area contributed by atoms with Gasteiger partial charge in [0.2, 0.25) is 0 Å². The lowest BCUT2D eigenvalue weighted by Gasteiger charge is -2.39. The predicted molar refractivity (Wildman–Crippen MR) is 144 cm³/mol. The molecule has 1 nitrogen and oxygen atoms in total. The topological polar surface area (TPSA) is 20.2 Å². The fourth-order valence-corrected chi connectivity index (χ4v) is 10.4. The largest absolute Gasteiger partial charge is 0.393 e. The summed E-state index contributed by atoms with van der Waals surface area (Å²) in [7, 11) is -4.17. The van der Waals surface area contributed by atoms with Crippen molar-refractivity contribution in [2.45, 2.75) is 51.6 Å². The summed E-state index contributed by atoms with van der Waals surface area (Å²) < 4.78 is 0. The van der Waals surface area contributed by atoms with Gasteiger partial charge in [-0.3, -0.25) is 0 Å². The van der Waals surface area contributed by atoms with E-state index in [-0.39, 0.29) is 17.6 Å². The highest BCUT2D eigenvalue weighted by Gasteiger charge is 2.46. The molecule has 0 radical (unpaired) electrons. The van der Waals surface area contributed by atoms with Gasteiger partial charge in [-0.05, 0) is 27.9 Å². The third kappa shape index (κ3) is 5.50. The van der Waals surface area contributed by atoms with Crippen LogP contribution in [0.3, 0.4) is 0 Å². The predicted octanol–water partition coefficient (Wildman–Crippen LogP) is 4.81. The van der Waals surface area contributed by atoms with Gasteiger partial charge in [0.25, 0.3) is 0 Å². The maximum absolute atomic E-state index is 11.1. The summed E-state index contributed by atoms with van der Waals surface area (Å²) in [6.07, 6.45) is 0.291. The van der Waals surface area contributed by atoms with Crippen molar-refractivity contribution in [1.29, 1.82) is 0 Å². The van der Waals surface area contributed by atoms with Gasteiger partial charge in [0.15, 0.2) is 8.07 Å². The van der Waals surface area contributed by atoms with Gasteiger partial charge in [0.1, 0.15) is 8.07 Å².